The van der Waals surface area contributed by atoms with E-state index in [1.807, 2.05) is 27.7 Å². The van der Waals surface area contributed by atoms with Crippen LogP contribution < -0.4 is 10.6 Å². The van der Waals surface area contributed by atoms with E-state index in [9.17, 15) is 19.5 Å². The van der Waals surface area contributed by atoms with Crippen LogP contribution in [0.3, 0.4) is 0 Å². The molecule has 3 N–H and O–H groups in total. The highest BCUT2D eigenvalue weighted by molar-refractivity contribution is 5.92. The molecule has 196 valence electrons. The fourth-order valence-electron chi connectivity index (χ4n) is 3.71. The van der Waals surface area contributed by atoms with Crippen LogP contribution in [0.5, 0.6) is 5.75 Å². The molecule has 0 aliphatic carbocycles. The Morgan fingerprint density at radius 2 is 1.71 bits per heavy atom. The SMILES string of the molecule is C=CCN(C(=O)C(NC(=O)OC(C)(C)C)C(C)CC)C(C(=O)NC(C)CCC)c1ccc(O)cc1. The van der Waals surface area contributed by atoms with Crippen molar-refractivity contribution in [2.75, 3.05) is 6.54 Å². The number of ether oxygens (including phenoxy) is 1. The van der Waals surface area contributed by atoms with Gasteiger partial charge in [-0.2, -0.15) is 0 Å². The van der Waals surface area contributed by atoms with Gasteiger partial charge in [0.15, 0.2) is 0 Å². The lowest BCUT2D eigenvalue weighted by Crippen LogP contribution is -2.55. The van der Waals surface area contributed by atoms with Crippen molar-refractivity contribution in [3.8, 4) is 5.75 Å². The Morgan fingerprint density at radius 1 is 1.11 bits per heavy atom. The molecule has 0 bridgehead atoms. The van der Waals surface area contributed by atoms with E-state index < -0.39 is 29.7 Å². The molecule has 0 aliphatic rings. The van der Waals surface area contributed by atoms with E-state index >= 15 is 0 Å². The molecule has 0 aromatic heterocycles. The number of benzene rings is 1. The van der Waals surface area contributed by atoms with Crippen LogP contribution in [0.4, 0.5) is 4.79 Å². The summed E-state index contributed by atoms with van der Waals surface area (Å²) in [5, 5.41) is 15.5. The van der Waals surface area contributed by atoms with Crippen LogP contribution in [0.1, 0.15) is 79.3 Å². The van der Waals surface area contributed by atoms with E-state index in [0.717, 1.165) is 12.8 Å². The van der Waals surface area contributed by atoms with E-state index in [2.05, 4.69) is 17.2 Å². The maximum Gasteiger partial charge on any atom is 0.408 e. The molecule has 0 saturated heterocycles. The second-order valence-electron chi connectivity index (χ2n) is 9.98. The number of nitrogens with one attached hydrogen (secondary N) is 2. The number of hydrogen-bond donors (Lipinski definition) is 3. The molecule has 0 saturated carbocycles. The van der Waals surface area contributed by atoms with Crippen molar-refractivity contribution in [3.05, 3.63) is 42.5 Å². The van der Waals surface area contributed by atoms with Crippen molar-refractivity contribution in [1.82, 2.24) is 15.5 Å². The zero-order valence-electron chi connectivity index (χ0n) is 22.3. The average molecular weight is 490 g/mol. The second-order valence-corrected chi connectivity index (χ2v) is 9.98. The molecule has 0 radical (unpaired) electrons. The lowest BCUT2D eigenvalue weighted by Gasteiger charge is -2.36. The van der Waals surface area contributed by atoms with Gasteiger partial charge < -0.3 is 25.4 Å². The number of phenolic OH excluding ortho intramolecular Hbond substituents is 1. The first kappa shape index (κ1) is 30.0. The molecule has 0 spiro atoms. The smallest absolute Gasteiger partial charge is 0.408 e. The Balaban J connectivity index is 3.44. The van der Waals surface area contributed by atoms with Crippen LogP contribution in [0.2, 0.25) is 0 Å². The lowest BCUT2D eigenvalue weighted by atomic mass is 9.95. The summed E-state index contributed by atoms with van der Waals surface area (Å²) in [5.41, 5.74) is -0.183. The van der Waals surface area contributed by atoms with E-state index in [4.69, 9.17) is 4.74 Å². The number of carbonyl (C=O) groups excluding carboxylic acids is 3. The third-order valence-electron chi connectivity index (χ3n) is 5.64. The van der Waals surface area contributed by atoms with Gasteiger partial charge in [0.2, 0.25) is 11.8 Å². The Hall–Kier alpha value is -3.03. The number of rotatable bonds is 12. The Bertz CT molecular complexity index is 847. The number of phenols is 1. The van der Waals surface area contributed by atoms with E-state index in [1.165, 1.54) is 17.0 Å². The molecular formula is C27H43N3O5. The number of alkyl carbamates (subject to hydrolysis) is 1. The van der Waals surface area contributed by atoms with Gasteiger partial charge in [0, 0.05) is 12.6 Å². The average Bonchev–Trinajstić information content (AvgIpc) is 2.76. The van der Waals surface area contributed by atoms with Gasteiger partial charge in [0.05, 0.1) is 0 Å². The minimum absolute atomic E-state index is 0.0536. The van der Waals surface area contributed by atoms with Gasteiger partial charge in [0.25, 0.3) is 0 Å². The number of aromatic hydroxyl groups is 1. The normalized spacial score (nSPS) is 14.7. The fourth-order valence-corrected chi connectivity index (χ4v) is 3.71. The van der Waals surface area contributed by atoms with Crippen LogP contribution in [0.25, 0.3) is 0 Å². The van der Waals surface area contributed by atoms with Gasteiger partial charge in [-0.3, -0.25) is 9.59 Å². The maximum atomic E-state index is 13.9. The van der Waals surface area contributed by atoms with Crippen molar-refractivity contribution < 1.29 is 24.2 Å². The zero-order chi connectivity index (χ0) is 26.8. The number of hydrogen-bond acceptors (Lipinski definition) is 5. The quantitative estimate of drug-likeness (QED) is 0.369. The van der Waals surface area contributed by atoms with Crippen LogP contribution in [-0.4, -0.2) is 52.1 Å². The third-order valence-corrected chi connectivity index (χ3v) is 5.64. The van der Waals surface area contributed by atoms with E-state index in [0.29, 0.717) is 12.0 Å². The summed E-state index contributed by atoms with van der Waals surface area (Å²) in [7, 11) is 0. The monoisotopic (exact) mass is 489 g/mol. The first-order chi connectivity index (χ1) is 16.3. The van der Waals surface area contributed by atoms with Gasteiger partial charge in [-0.25, -0.2) is 4.79 Å². The Morgan fingerprint density at radius 3 is 2.20 bits per heavy atom. The lowest BCUT2D eigenvalue weighted by molar-refractivity contribution is -0.143. The molecule has 1 aromatic rings. The summed E-state index contributed by atoms with van der Waals surface area (Å²) in [4.78, 5) is 41.4. The molecule has 3 amide bonds. The standard InChI is InChI=1S/C27H43N3O5/c1-9-12-19(5)28-24(32)23(20-13-15-21(31)16-14-20)30(17-10-2)25(33)22(18(4)11-3)29-26(34)35-27(6,7)8/h10,13-16,18-19,22-23,31H,2,9,11-12,17H2,1,3-8H3,(H,28,32)(H,29,34). The van der Waals surface area contributed by atoms with Crippen LogP contribution in [0.15, 0.2) is 36.9 Å². The molecule has 4 unspecified atom stereocenters. The van der Waals surface area contributed by atoms with Gasteiger partial charge in [-0.05, 0) is 57.7 Å². The summed E-state index contributed by atoms with van der Waals surface area (Å²) >= 11 is 0. The highest BCUT2D eigenvalue weighted by Crippen LogP contribution is 2.26. The number of carbonyl (C=O) groups is 3. The topological polar surface area (TPSA) is 108 Å². The van der Waals surface area contributed by atoms with Gasteiger partial charge in [0.1, 0.15) is 23.4 Å². The molecule has 0 aliphatic heterocycles. The Kier molecular flexibility index (Phi) is 11.8. The molecule has 0 fully saturated rings. The fraction of sp³-hybridized carbons (Fsp3) is 0.593. The minimum atomic E-state index is -0.979. The van der Waals surface area contributed by atoms with Gasteiger partial charge in [-0.15, -0.1) is 6.58 Å². The van der Waals surface area contributed by atoms with Crippen LogP contribution in [0, 0.1) is 5.92 Å². The zero-order valence-corrected chi connectivity index (χ0v) is 22.3. The summed E-state index contributed by atoms with van der Waals surface area (Å²) in [5.74, 6) is -0.920. The maximum absolute atomic E-state index is 13.9. The van der Waals surface area contributed by atoms with E-state index in [-0.39, 0.29) is 30.2 Å². The largest absolute Gasteiger partial charge is 0.508 e. The summed E-state index contributed by atoms with van der Waals surface area (Å²) in [6, 6.07) is 4.22. The van der Waals surface area contributed by atoms with Gasteiger partial charge >= 0.3 is 6.09 Å². The van der Waals surface area contributed by atoms with Crippen LogP contribution >= 0.6 is 0 Å². The first-order valence-electron chi connectivity index (χ1n) is 12.3. The highest BCUT2D eigenvalue weighted by Gasteiger charge is 2.37. The number of nitrogens with zero attached hydrogens (tertiary/aromatic N) is 1. The molecule has 8 nitrogen and oxygen atoms in total. The Labute approximate surface area is 210 Å². The summed E-state index contributed by atoms with van der Waals surface area (Å²) in [6.45, 7) is 16.9. The predicted molar refractivity (Wildman–Crippen MR) is 138 cm³/mol. The predicted octanol–water partition coefficient (Wildman–Crippen LogP) is 4.69. The molecule has 1 rings (SSSR count). The molecule has 0 heterocycles. The number of amides is 3. The molecular weight excluding hydrogens is 446 g/mol. The van der Waals surface area contributed by atoms with E-state index in [1.54, 1.807) is 39.0 Å². The van der Waals surface area contributed by atoms with Gasteiger partial charge in [-0.1, -0.05) is 51.8 Å². The summed E-state index contributed by atoms with van der Waals surface area (Å²) in [6.07, 6.45) is 3.17. The van der Waals surface area contributed by atoms with Crippen molar-refractivity contribution in [2.24, 2.45) is 5.92 Å². The molecule has 8 heteroatoms. The van der Waals surface area contributed by atoms with Crippen LogP contribution in [-0.2, 0) is 14.3 Å². The second kappa shape index (κ2) is 13.8. The summed E-state index contributed by atoms with van der Waals surface area (Å²) < 4.78 is 5.39. The van der Waals surface area contributed by atoms with Crippen molar-refractivity contribution in [3.63, 3.8) is 0 Å². The molecule has 4 atom stereocenters. The third kappa shape index (κ3) is 9.62. The van der Waals surface area contributed by atoms with Crippen molar-refractivity contribution >= 4 is 17.9 Å². The highest BCUT2D eigenvalue weighted by atomic mass is 16.6. The first-order valence-corrected chi connectivity index (χ1v) is 12.3. The van der Waals surface area contributed by atoms with Crippen molar-refractivity contribution in [2.45, 2.75) is 91.5 Å². The molecule has 1 aromatic carbocycles. The van der Waals surface area contributed by atoms with Crippen molar-refractivity contribution in [1.29, 1.82) is 0 Å². The molecule has 35 heavy (non-hydrogen) atoms. The minimum Gasteiger partial charge on any atom is -0.508 e.